The lowest BCUT2D eigenvalue weighted by Crippen LogP contribution is -2.52. The van der Waals surface area contributed by atoms with Crippen LogP contribution >= 0.6 is 11.6 Å². The molecule has 0 spiro atoms. The summed E-state index contributed by atoms with van der Waals surface area (Å²) < 4.78 is 26.7. The van der Waals surface area contributed by atoms with Crippen LogP contribution in [0.5, 0.6) is 0 Å². The first-order valence-electron chi connectivity index (χ1n) is 9.59. The van der Waals surface area contributed by atoms with Crippen LogP contribution in [-0.2, 0) is 6.42 Å². The second-order valence-corrected chi connectivity index (χ2v) is 7.96. The molecule has 158 valence electrons. The van der Waals surface area contributed by atoms with Crippen molar-refractivity contribution in [3.05, 3.63) is 52.4 Å². The topological polar surface area (TPSA) is 99.9 Å². The van der Waals surface area contributed by atoms with Gasteiger partial charge in [-0.25, -0.2) is 18.7 Å². The lowest BCUT2D eigenvalue weighted by Gasteiger charge is -2.26. The van der Waals surface area contributed by atoms with Gasteiger partial charge in [0.2, 0.25) is 0 Å². The first kappa shape index (κ1) is 20.5. The number of anilines is 1. The molecular weight excluding hydrogens is 414 g/mol. The van der Waals surface area contributed by atoms with E-state index >= 15 is 0 Å². The normalized spacial score (nSPS) is 18.9. The number of benzene rings is 1. The number of aromatic amines is 1. The lowest BCUT2D eigenvalue weighted by molar-refractivity contribution is 0.0944. The van der Waals surface area contributed by atoms with Gasteiger partial charge in [-0.15, -0.1) is 0 Å². The van der Waals surface area contributed by atoms with Gasteiger partial charge >= 0.3 is 0 Å². The van der Waals surface area contributed by atoms with E-state index in [4.69, 9.17) is 17.3 Å². The van der Waals surface area contributed by atoms with Gasteiger partial charge in [0.1, 0.15) is 17.8 Å². The Morgan fingerprint density at radius 2 is 2.13 bits per heavy atom. The van der Waals surface area contributed by atoms with E-state index in [-0.39, 0.29) is 17.1 Å². The molecule has 1 aliphatic heterocycles. The number of nitrogens with zero attached hydrogens (tertiary/aromatic N) is 3. The van der Waals surface area contributed by atoms with Crippen LogP contribution in [0, 0.1) is 11.6 Å². The fourth-order valence-electron chi connectivity index (χ4n) is 3.80. The Bertz CT molecular complexity index is 1120. The standard InChI is InChI=1S/C20H21ClF2N6O/c1-2-11-7-25-17-16(11)18(28-10-27-17)29-4-3-20(24,9-29)8-26-19(30)12-5-14(22)15(23)6-13(12)21/h5-7,10H,2-4,8-9,24H2,1H3,(H,26,30)(H,25,27,28)/t20-/m0/s1. The third-order valence-electron chi connectivity index (χ3n) is 5.45. The van der Waals surface area contributed by atoms with Gasteiger partial charge in [-0.2, -0.15) is 0 Å². The Morgan fingerprint density at radius 1 is 1.37 bits per heavy atom. The molecule has 4 rings (SSSR count). The van der Waals surface area contributed by atoms with Crippen molar-refractivity contribution in [3.8, 4) is 0 Å². The van der Waals surface area contributed by atoms with Crippen LogP contribution < -0.4 is 16.0 Å². The number of aromatic nitrogens is 3. The number of rotatable bonds is 5. The minimum atomic E-state index is -1.13. The van der Waals surface area contributed by atoms with Crippen molar-refractivity contribution in [2.45, 2.75) is 25.3 Å². The summed E-state index contributed by atoms with van der Waals surface area (Å²) in [6, 6.07) is 1.57. The maximum Gasteiger partial charge on any atom is 0.252 e. The fraction of sp³-hybridized carbons (Fsp3) is 0.350. The minimum absolute atomic E-state index is 0.133. The molecule has 1 fully saturated rings. The summed E-state index contributed by atoms with van der Waals surface area (Å²) in [7, 11) is 0. The molecule has 1 aromatic carbocycles. The molecule has 1 atom stereocenters. The Balaban J connectivity index is 1.48. The lowest BCUT2D eigenvalue weighted by atomic mass is 10.00. The van der Waals surface area contributed by atoms with Crippen molar-refractivity contribution >= 4 is 34.4 Å². The monoisotopic (exact) mass is 434 g/mol. The van der Waals surface area contributed by atoms with Gasteiger partial charge in [0.05, 0.1) is 21.5 Å². The zero-order valence-electron chi connectivity index (χ0n) is 16.3. The van der Waals surface area contributed by atoms with Crippen LogP contribution in [-0.4, -0.2) is 46.0 Å². The predicted octanol–water partition coefficient (Wildman–Crippen LogP) is 2.79. The highest BCUT2D eigenvalue weighted by molar-refractivity contribution is 6.33. The predicted molar refractivity (Wildman–Crippen MR) is 111 cm³/mol. The SMILES string of the molecule is CCc1c[nH]c2ncnc(N3CC[C@](N)(CNC(=O)c4cc(F)c(F)cc4Cl)C3)c12. The average Bonchev–Trinajstić information content (AvgIpc) is 3.33. The van der Waals surface area contributed by atoms with E-state index in [0.29, 0.717) is 19.5 Å². The van der Waals surface area contributed by atoms with E-state index in [1.807, 2.05) is 6.20 Å². The van der Waals surface area contributed by atoms with E-state index in [2.05, 4.69) is 32.1 Å². The Labute approximate surface area is 176 Å². The third kappa shape index (κ3) is 3.70. The summed E-state index contributed by atoms with van der Waals surface area (Å²) in [4.78, 5) is 26.4. The molecule has 0 aliphatic carbocycles. The van der Waals surface area contributed by atoms with Crippen molar-refractivity contribution in [1.82, 2.24) is 20.3 Å². The number of hydrogen-bond acceptors (Lipinski definition) is 5. The number of amides is 1. The summed E-state index contributed by atoms with van der Waals surface area (Å²) in [6.45, 7) is 3.35. The smallest absolute Gasteiger partial charge is 0.252 e. The van der Waals surface area contributed by atoms with Crippen LogP contribution in [0.1, 0.15) is 29.3 Å². The molecule has 4 N–H and O–H groups in total. The van der Waals surface area contributed by atoms with E-state index < -0.39 is 23.1 Å². The molecular formula is C20H21ClF2N6O. The van der Waals surface area contributed by atoms with Crippen molar-refractivity contribution < 1.29 is 13.6 Å². The maximum atomic E-state index is 13.5. The van der Waals surface area contributed by atoms with Gasteiger partial charge in [0.15, 0.2) is 11.6 Å². The maximum absolute atomic E-state index is 13.5. The highest BCUT2D eigenvalue weighted by Crippen LogP contribution is 2.31. The van der Waals surface area contributed by atoms with Gasteiger partial charge in [-0.3, -0.25) is 4.79 Å². The van der Waals surface area contributed by atoms with E-state index in [9.17, 15) is 13.6 Å². The van der Waals surface area contributed by atoms with E-state index in [1.54, 1.807) is 0 Å². The summed E-state index contributed by atoms with van der Waals surface area (Å²) in [6.07, 6.45) is 4.90. The molecule has 0 saturated carbocycles. The van der Waals surface area contributed by atoms with Crippen LogP contribution in [0.15, 0.2) is 24.7 Å². The number of nitrogens with two attached hydrogens (primary N) is 1. The summed E-state index contributed by atoms with van der Waals surface area (Å²) >= 11 is 5.88. The first-order valence-corrected chi connectivity index (χ1v) is 9.96. The Kier molecular flexibility index (Phi) is 5.33. The second-order valence-electron chi connectivity index (χ2n) is 7.55. The highest BCUT2D eigenvalue weighted by atomic mass is 35.5. The average molecular weight is 435 g/mol. The van der Waals surface area contributed by atoms with Crippen LogP contribution in [0.2, 0.25) is 5.02 Å². The van der Waals surface area contributed by atoms with E-state index in [1.165, 1.54) is 6.33 Å². The Hall–Kier alpha value is -2.78. The number of H-pyrrole nitrogens is 1. The number of carbonyl (C=O) groups excluding carboxylic acids is 1. The third-order valence-corrected chi connectivity index (χ3v) is 5.77. The summed E-state index contributed by atoms with van der Waals surface area (Å²) in [5.74, 6) is -2.04. The molecule has 0 radical (unpaired) electrons. The summed E-state index contributed by atoms with van der Waals surface area (Å²) in [5.41, 5.74) is 7.57. The number of nitrogens with one attached hydrogen (secondary N) is 2. The zero-order valence-corrected chi connectivity index (χ0v) is 17.1. The van der Waals surface area contributed by atoms with Gasteiger partial charge in [-0.1, -0.05) is 18.5 Å². The number of carbonyl (C=O) groups is 1. The highest BCUT2D eigenvalue weighted by Gasteiger charge is 2.36. The van der Waals surface area contributed by atoms with Gasteiger partial charge in [0, 0.05) is 25.8 Å². The van der Waals surface area contributed by atoms with Crippen LogP contribution in [0.3, 0.4) is 0 Å². The molecule has 1 aliphatic rings. The summed E-state index contributed by atoms with van der Waals surface area (Å²) in [5, 5.41) is 3.51. The second kappa shape index (κ2) is 7.81. The van der Waals surface area contributed by atoms with Gasteiger partial charge < -0.3 is 20.9 Å². The van der Waals surface area contributed by atoms with E-state index in [0.717, 1.165) is 41.0 Å². The van der Waals surface area contributed by atoms with Crippen molar-refractivity contribution in [3.63, 3.8) is 0 Å². The molecule has 2 aromatic heterocycles. The Morgan fingerprint density at radius 3 is 2.90 bits per heavy atom. The number of hydrogen-bond donors (Lipinski definition) is 3. The molecule has 30 heavy (non-hydrogen) atoms. The molecule has 0 unspecified atom stereocenters. The largest absolute Gasteiger partial charge is 0.354 e. The zero-order chi connectivity index (χ0) is 21.5. The van der Waals surface area contributed by atoms with Crippen LogP contribution in [0.25, 0.3) is 11.0 Å². The van der Waals surface area contributed by atoms with Crippen molar-refractivity contribution in [2.75, 3.05) is 24.5 Å². The van der Waals surface area contributed by atoms with Crippen molar-refractivity contribution in [1.29, 1.82) is 0 Å². The molecule has 1 saturated heterocycles. The molecule has 3 heterocycles. The molecule has 3 aromatic rings. The first-order chi connectivity index (χ1) is 14.3. The van der Waals surface area contributed by atoms with Gasteiger partial charge in [-0.05, 0) is 30.5 Å². The van der Waals surface area contributed by atoms with Crippen LogP contribution in [0.4, 0.5) is 14.6 Å². The van der Waals surface area contributed by atoms with Crippen molar-refractivity contribution in [2.24, 2.45) is 5.73 Å². The number of halogens is 3. The molecule has 10 heteroatoms. The molecule has 7 nitrogen and oxygen atoms in total. The molecule has 1 amide bonds. The molecule has 0 bridgehead atoms. The minimum Gasteiger partial charge on any atom is -0.354 e. The van der Waals surface area contributed by atoms with Gasteiger partial charge in [0.25, 0.3) is 5.91 Å². The quantitative estimate of drug-likeness (QED) is 0.536. The number of aryl methyl sites for hydroxylation is 1. The number of fused-ring (bicyclic) bond motifs is 1. The fourth-order valence-corrected chi connectivity index (χ4v) is 4.03.